The van der Waals surface area contributed by atoms with Crippen LogP contribution in [0.25, 0.3) is 0 Å². The summed E-state index contributed by atoms with van der Waals surface area (Å²) in [4.78, 5) is 26.1. The van der Waals surface area contributed by atoms with Crippen molar-refractivity contribution in [1.82, 2.24) is 0 Å². The molecule has 1 unspecified atom stereocenters. The number of rotatable bonds is 3. The van der Waals surface area contributed by atoms with Crippen molar-refractivity contribution in [3.05, 3.63) is 58.3 Å². The number of anilines is 2. The predicted molar refractivity (Wildman–Crippen MR) is 94.4 cm³/mol. The topological polar surface area (TPSA) is 49.4 Å². The van der Waals surface area contributed by atoms with Crippen molar-refractivity contribution in [2.45, 2.75) is 13.3 Å². The van der Waals surface area contributed by atoms with Crippen LogP contribution in [0.3, 0.4) is 0 Å². The number of nitrogens with zero attached hydrogens (tertiary/aromatic N) is 1. The summed E-state index contributed by atoms with van der Waals surface area (Å²) in [5.74, 6) is -1.24. The zero-order valence-corrected chi connectivity index (χ0v) is 14.6. The van der Waals surface area contributed by atoms with Crippen LogP contribution in [0.2, 0.25) is 0 Å². The number of hydrogen-bond donors (Lipinski definition) is 1. The second-order valence-electron chi connectivity index (χ2n) is 5.84. The standard InChI is InChI=1S/C18H16BrFN2O2/c1-11-7-14(5-6-16(11)19)21-18(24)12-8-17(23)22(10-12)15-4-2-3-13(20)9-15/h2-7,9,12H,8,10H2,1H3,(H,21,24). The molecule has 1 saturated heterocycles. The molecule has 2 amide bonds. The highest BCUT2D eigenvalue weighted by Gasteiger charge is 2.35. The minimum Gasteiger partial charge on any atom is -0.326 e. The molecular weight excluding hydrogens is 375 g/mol. The van der Waals surface area contributed by atoms with E-state index in [2.05, 4.69) is 21.2 Å². The molecule has 1 N–H and O–H groups in total. The molecule has 0 bridgehead atoms. The van der Waals surface area contributed by atoms with Gasteiger partial charge in [-0.05, 0) is 48.9 Å². The average molecular weight is 391 g/mol. The Morgan fingerprint density at radius 2 is 2.08 bits per heavy atom. The fourth-order valence-electron chi connectivity index (χ4n) is 2.74. The highest BCUT2D eigenvalue weighted by molar-refractivity contribution is 9.10. The molecule has 1 atom stereocenters. The number of amides is 2. The molecule has 2 aromatic rings. The van der Waals surface area contributed by atoms with Crippen LogP contribution >= 0.6 is 15.9 Å². The third-order valence-corrected chi connectivity index (χ3v) is 4.93. The first-order chi connectivity index (χ1) is 11.4. The number of carbonyl (C=O) groups is 2. The third kappa shape index (κ3) is 3.48. The Morgan fingerprint density at radius 3 is 2.79 bits per heavy atom. The lowest BCUT2D eigenvalue weighted by molar-refractivity contribution is -0.122. The van der Waals surface area contributed by atoms with Gasteiger partial charge in [0.05, 0.1) is 5.92 Å². The van der Waals surface area contributed by atoms with Crippen LogP contribution in [0.4, 0.5) is 15.8 Å². The summed E-state index contributed by atoms with van der Waals surface area (Å²) in [7, 11) is 0. The Bertz CT molecular complexity index is 809. The SMILES string of the molecule is Cc1cc(NC(=O)C2CC(=O)N(c3cccc(F)c3)C2)ccc1Br. The van der Waals surface area contributed by atoms with Crippen LogP contribution in [-0.2, 0) is 9.59 Å². The lowest BCUT2D eigenvalue weighted by Gasteiger charge is -2.17. The summed E-state index contributed by atoms with van der Waals surface area (Å²) < 4.78 is 14.3. The molecule has 0 saturated carbocycles. The molecule has 24 heavy (non-hydrogen) atoms. The van der Waals surface area contributed by atoms with E-state index >= 15 is 0 Å². The summed E-state index contributed by atoms with van der Waals surface area (Å²) >= 11 is 3.41. The van der Waals surface area contributed by atoms with Gasteiger partial charge in [-0.3, -0.25) is 9.59 Å². The van der Waals surface area contributed by atoms with Crippen LogP contribution in [0, 0.1) is 18.7 Å². The summed E-state index contributed by atoms with van der Waals surface area (Å²) in [6.45, 7) is 2.19. The van der Waals surface area contributed by atoms with Crippen LogP contribution in [-0.4, -0.2) is 18.4 Å². The van der Waals surface area contributed by atoms with Gasteiger partial charge in [0.1, 0.15) is 5.82 Å². The number of halogens is 2. The Labute approximate surface area is 147 Å². The first-order valence-electron chi connectivity index (χ1n) is 7.57. The third-order valence-electron chi connectivity index (χ3n) is 4.04. The number of benzene rings is 2. The molecule has 0 spiro atoms. The molecule has 3 rings (SSSR count). The molecular formula is C18H16BrFN2O2. The fourth-order valence-corrected chi connectivity index (χ4v) is 2.99. The van der Waals surface area contributed by atoms with Gasteiger partial charge in [-0.25, -0.2) is 4.39 Å². The van der Waals surface area contributed by atoms with E-state index in [-0.39, 0.29) is 24.8 Å². The monoisotopic (exact) mass is 390 g/mol. The predicted octanol–water partition coefficient (Wildman–Crippen LogP) is 3.89. The van der Waals surface area contributed by atoms with Crippen molar-refractivity contribution in [3.8, 4) is 0 Å². The Hall–Kier alpha value is -2.21. The first kappa shape index (κ1) is 16.6. The Kier molecular flexibility index (Phi) is 4.66. The van der Waals surface area contributed by atoms with Crippen LogP contribution in [0.15, 0.2) is 46.9 Å². The van der Waals surface area contributed by atoms with Crippen molar-refractivity contribution in [3.63, 3.8) is 0 Å². The molecule has 1 aliphatic heterocycles. The molecule has 6 heteroatoms. The fraction of sp³-hybridized carbons (Fsp3) is 0.222. The number of hydrogen-bond acceptors (Lipinski definition) is 2. The van der Waals surface area contributed by atoms with Crippen molar-refractivity contribution >= 4 is 39.1 Å². The van der Waals surface area contributed by atoms with Gasteiger partial charge in [0, 0.05) is 28.8 Å². The molecule has 1 heterocycles. The zero-order chi connectivity index (χ0) is 17.3. The second kappa shape index (κ2) is 6.73. The van der Waals surface area contributed by atoms with Crippen molar-refractivity contribution in [1.29, 1.82) is 0 Å². The van der Waals surface area contributed by atoms with Crippen molar-refractivity contribution in [2.75, 3.05) is 16.8 Å². The summed E-state index contributed by atoms with van der Waals surface area (Å²) in [6, 6.07) is 11.4. The maximum absolute atomic E-state index is 13.3. The number of carbonyl (C=O) groups excluding carboxylic acids is 2. The second-order valence-corrected chi connectivity index (χ2v) is 6.69. The van der Waals surface area contributed by atoms with Crippen LogP contribution < -0.4 is 10.2 Å². The van der Waals surface area contributed by atoms with E-state index in [0.29, 0.717) is 11.4 Å². The number of aryl methyl sites for hydroxylation is 1. The summed E-state index contributed by atoms with van der Waals surface area (Å²) in [5, 5.41) is 2.84. The normalized spacial score (nSPS) is 17.2. The molecule has 4 nitrogen and oxygen atoms in total. The lowest BCUT2D eigenvalue weighted by atomic mass is 10.1. The summed E-state index contributed by atoms with van der Waals surface area (Å²) in [5.41, 5.74) is 2.18. The minimum absolute atomic E-state index is 0.123. The molecule has 1 fully saturated rings. The maximum atomic E-state index is 13.3. The van der Waals surface area contributed by atoms with Gasteiger partial charge in [0.15, 0.2) is 0 Å². The molecule has 124 valence electrons. The highest BCUT2D eigenvalue weighted by Crippen LogP contribution is 2.27. The average Bonchev–Trinajstić information content (AvgIpc) is 2.93. The van der Waals surface area contributed by atoms with Crippen LogP contribution in [0.1, 0.15) is 12.0 Å². The van der Waals surface area contributed by atoms with Gasteiger partial charge >= 0.3 is 0 Å². The Morgan fingerprint density at radius 1 is 1.29 bits per heavy atom. The van der Waals surface area contributed by atoms with E-state index in [4.69, 9.17) is 0 Å². The van der Waals surface area contributed by atoms with Gasteiger partial charge in [-0.15, -0.1) is 0 Å². The minimum atomic E-state index is -0.454. The lowest BCUT2D eigenvalue weighted by Crippen LogP contribution is -2.28. The van der Waals surface area contributed by atoms with Gasteiger partial charge in [-0.2, -0.15) is 0 Å². The van der Waals surface area contributed by atoms with Crippen molar-refractivity contribution in [2.24, 2.45) is 5.92 Å². The smallest absolute Gasteiger partial charge is 0.229 e. The highest BCUT2D eigenvalue weighted by atomic mass is 79.9. The van der Waals surface area contributed by atoms with E-state index in [9.17, 15) is 14.0 Å². The van der Waals surface area contributed by atoms with E-state index < -0.39 is 11.7 Å². The van der Waals surface area contributed by atoms with Gasteiger partial charge < -0.3 is 10.2 Å². The molecule has 2 aromatic carbocycles. The Balaban J connectivity index is 1.70. The number of nitrogens with one attached hydrogen (secondary N) is 1. The molecule has 0 aromatic heterocycles. The largest absolute Gasteiger partial charge is 0.326 e. The van der Waals surface area contributed by atoms with Crippen LogP contribution in [0.5, 0.6) is 0 Å². The zero-order valence-electron chi connectivity index (χ0n) is 13.1. The molecule has 1 aliphatic rings. The van der Waals surface area contributed by atoms with E-state index in [1.807, 2.05) is 19.1 Å². The van der Waals surface area contributed by atoms with Crippen molar-refractivity contribution < 1.29 is 14.0 Å². The van der Waals surface area contributed by atoms with E-state index in [1.54, 1.807) is 18.2 Å². The molecule has 0 aliphatic carbocycles. The van der Waals surface area contributed by atoms with Gasteiger partial charge in [-0.1, -0.05) is 22.0 Å². The van der Waals surface area contributed by atoms with E-state index in [0.717, 1.165) is 10.0 Å². The van der Waals surface area contributed by atoms with Gasteiger partial charge in [0.2, 0.25) is 11.8 Å². The summed E-state index contributed by atoms with van der Waals surface area (Å²) in [6.07, 6.45) is 0.123. The van der Waals surface area contributed by atoms with E-state index in [1.165, 1.54) is 17.0 Å². The quantitative estimate of drug-likeness (QED) is 0.863. The maximum Gasteiger partial charge on any atom is 0.229 e. The molecule has 0 radical (unpaired) electrons. The first-order valence-corrected chi connectivity index (χ1v) is 8.36. The van der Waals surface area contributed by atoms with Gasteiger partial charge in [0.25, 0.3) is 0 Å².